The highest BCUT2D eigenvalue weighted by molar-refractivity contribution is 5.78. The number of nitrogens with two attached hydrogens (primary N) is 1. The van der Waals surface area contributed by atoms with Gasteiger partial charge in [-0.25, -0.2) is 0 Å². The molecule has 2 rings (SSSR count). The molecule has 0 spiro atoms. The number of hydrogen-bond acceptors (Lipinski definition) is 4. The Hall–Kier alpha value is -1.52. The van der Waals surface area contributed by atoms with Crippen LogP contribution >= 0.6 is 0 Å². The highest BCUT2D eigenvalue weighted by Crippen LogP contribution is 2.24. The topological polar surface area (TPSA) is 72.4 Å². The molecule has 1 amide bonds. The van der Waals surface area contributed by atoms with Crippen LogP contribution in [0.1, 0.15) is 25.2 Å². The minimum atomic E-state index is 0.0210. The van der Waals surface area contributed by atoms with Crippen LogP contribution in [0.4, 0.5) is 5.82 Å². The summed E-state index contributed by atoms with van der Waals surface area (Å²) in [5.41, 5.74) is 6.53. The monoisotopic (exact) mass is 209 g/mol. The number of carbonyl (C=O) groups is 1. The molecule has 15 heavy (non-hydrogen) atoms. The zero-order valence-corrected chi connectivity index (χ0v) is 8.99. The molecule has 82 valence electrons. The molecule has 1 aliphatic heterocycles. The Labute approximate surface area is 88.2 Å². The number of nitrogens with zero attached hydrogens (tertiary/aromatic N) is 2. The maximum atomic E-state index is 11.8. The third-order valence-corrected chi connectivity index (χ3v) is 2.66. The predicted octanol–water partition coefficient (Wildman–Crippen LogP) is 0.798. The number of rotatable bonds is 1. The van der Waals surface area contributed by atoms with Gasteiger partial charge < -0.3 is 15.2 Å². The van der Waals surface area contributed by atoms with Crippen LogP contribution in [-0.4, -0.2) is 22.5 Å². The molecular weight excluding hydrogens is 194 g/mol. The molecule has 0 saturated heterocycles. The molecule has 0 aliphatic carbocycles. The summed E-state index contributed by atoms with van der Waals surface area (Å²) in [5, 5.41) is 3.70. The van der Waals surface area contributed by atoms with E-state index in [9.17, 15) is 4.79 Å². The van der Waals surface area contributed by atoms with Crippen molar-refractivity contribution in [2.75, 3.05) is 12.3 Å². The average Bonchev–Trinajstić information content (AvgIpc) is 2.59. The first-order valence-corrected chi connectivity index (χ1v) is 5.11. The standard InChI is InChI=1S/C10H15N3O2/c1-6(2)10(14)13-4-3-8-7(5-13)9(11)12-15-8/h6H,3-5H2,1-2H3,(H2,11,12). The lowest BCUT2D eigenvalue weighted by atomic mass is 10.1. The Morgan fingerprint density at radius 1 is 1.60 bits per heavy atom. The molecule has 1 aromatic heterocycles. The van der Waals surface area contributed by atoms with E-state index >= 15 is 0 Å². The predicted molar refractivity (Wildman–Crippen MR) is 54.9 cm³/mol. The molecule has 0 unspecified atom stereocenters. The van der Waals surface area contributed by atoms with E-state index in [0.717, 1.165) is 11.3 Å². The Bertz CT molecular complexity index is 384. The number of anilines is 1. The first kappa shape index (κ1) is 10.0. The van der Waals surface area contributed by atoms with Crippen molar-refractivity contribution in [3.8, 4) is 0 Å². The Kier molecular flexibility index (Phi) is 2.38. The van der Waals surface area contributed by atoms with Crippen LogP contribution in [0.15, 0.2) is 4.52 Å². The summed E-state index contributed by atoms with van der Waals surface area (Å²) >= 11 is 0. The SMILES string of the molecule is CC(C)C(=O)N1CCc2onc(N)c2C1. The third kappa shape index (κ3) is 1.69. The molecule has 5 heteroatoms. The van der Waals surface area contributed by atoms with E-state index in [1.165, 1.54) is 0 Å². The van der Waals surface area contributed by atoms with E-state index in [1.54, 1.807) is 4.90 Å². The number of fused-ring (bicyclic) bond motifs is 1. The van der Waals surface area contributed by atoms with Gasteiger partial charge in [-0.05, 0) is 0 Å². The summed E-state index contributed by atoms with van der Waals surface area (Å²) in [5.74, 6) is 1.40. The fraction of sp³-hybridized carbons (Fsp3) is 0.600. The average molecular weight is 209 g/mol. The second kappa shape index (κ2) is 3.56. The fourth-order valence-corrected chi connectivity index (χ4v) is 1.78. The Balaban J connectivity index is 2.18. The molecule has 0 atom stereocenters. The van der Waals surface area contributed by atoms with Crippen molar-refractivity contribution in [2.24, 2.45) is 5.92 Å². The highest BCUT2D eigenvalue weighted by Gasteiger charge is 2.26. The normalized spacial score (nSPS) is 15.5. The molecule has 5 nitrogen and oxygen atoms in total. The lowest BCUT2D eigenvalue weighted by Gasteiger charge is -2.27. The number of amides is 1. The maximum Gasteiger partial charge on any atom is 0.225 e. The van der Waals surface area contributed by atoms with E-state index in [2.05, 4.69) is 5.16 Å². The largest absolute Gasteiger partial charge is 0.381 e. The number of carbonyl (C=O) groups excluding carboxylic acids is 1. The van der Waals surface area contributed by atoms with E-state index in [0.29, 0.717) is 25.3 Å². The lowest BCUT2D eigenvalue weighted by molar-refractivity contribution is -0.135. The van der Waals surface area contributed by atoms with Crippen molar-refractivity contribution >= 4 is 11.7 Å². The number of hydrogen-bond donors (Lipinski definition) is 1. The second-order valence-electron chi connectivity index (χ2n) is 4.13. The third-order valence-electron chi connectivity index (χ3n) is 2.66. The van der Waals surface area contributed by atoms with Gasteiger partial charge in [0.05, 0.1) is 12.1 Å². The van der Waals surface area contributed by atoms with Gasteiger partial charge in [-0.1, -0.05) is 19.0 Å². The quantitative estimate of drug-likeness (QED) is 0.742. The van der Waals surface area contributed by atoms with Gasteiger partial charge in [-0.2, -0.15) is 0 Å². The van der Waals surface area contributed by atoms with Gasteiger partial charge in [0.1, 0.15) is 5.76 Å². The molecule has 1 aliphatic rings. The van der Waals surface area contributed by atoms with Gasteiger partial charge in [0, 0.05) is 18.9 Å². The van der Waals surface area contributed by atoms with Crippen molar-refractivity contribution < 1.29 is 9.32 Å². The lowest BCUT2D eigenvalue weighted by Crippen LogP contribution is -2.38. The summed E-state index contributed by atoms with van der Waals surface area (Å²) in [6.45, 7) is 5.02. The van der Waals surface area contributed by atoms with E-state index in [-0.39, 0.29) is 11.8 Å². The first-order valence-electron chi connectivity index (χ1n) is 5.11. The number of nitrogen functional groups attached to an aromatic ring is 1. The minimum absolute atomic E-state index is 0.0210. The van der Waals surface area contributed by atoms with Crippen molar-refractivity contribution in [1.82, 2.24) is 10.1 Å². The zero-order valence-electron chi connectivity index (χ0n) is 8.99. The summed E-state index contributed by atoms with van der Waals surface area (Å²) in [6, 6.07) is 0. The van der Waals surface area contributed by atoms with Gasteiger partial charge in [0.25, 0.3) is 0 Å². The van der Waals surface area contributed by atoms with Crippen molar-refractivity contribution in [3.05, 3.63) is 11.3 Å². The van der Waals surface area contributed by atoms with Crippen molar-refractivity contribution in [2.45, 2.75) is 26.8 Å². The molecular formula is C10H15N3O2. The fourth-order valence-electron chi connectivity index (χ4n) is 1.78. The van der Waals surface area contributed by atoms with E-state index < -0.39 is 0 Å². The maximum absolute atomic E-state index is 11.8. The van der Waals surface area contributed by atoms with Gasteiger partial charge in [0.2, 0.25) is 5.91 Å². The van der Waals surface area contributed by atoms with Crippen LogP contribution in [0.5, 0.6) is 0 Å². The van der Waals surface area contributed by atoms with Crippen LogP contribution in [0.25, 0.3) is 0 Å². The van der Waals surface area contributed by atoms with Gasteiger partial charge >= 0.3 is 0 Å². The number of aromatic nitrogens is 1. The van der Waals surface area contributed by atoms with Gasteiger partial charge in [-0.15, -0.1) is 0 Å². The molecule has 2 heterocycles. The van der Waals surface area contributed by atoms with Crippen molar-refractivity contribution in [3.63, 3.8) is 0 Å². The van der Waals surface area contributed by atoms with E-state index in [4.69, 9.17) is 10.3 Å². The molecule has 0 bridgehead atoms. The smallest absolute Gasteiger partial charge is 0.225 e. The van der Waals surface area contributed by atoms with Gasteiger partial charge in [-0.3, -0.25) is 4.79 Å². The molecule has 0 saturated carbocycles. The Morgan fingerprint density at radius 3 is 3.00 bits per heavy atom. The van der Waals surface area contributed by atoms with E-state index in [1.807, 2.05) is 13.8 Å². The minimum Gasteiger partial charge on any atom is -0.381 e. The molecule has 0 radical (unpaired) electrons. The molecule has 1 aromatic rings. The van der Waals surface area contributed by atoms with Crippen molar-refractivity contribution in [1.29, 1.82) is 0 Å². The highest BCUT2D eigenvalue weighted by atomic mass is 16.5. The summed E-state index contributed by atoms with van der Waals surface area (Å²) in [4.78, 5) is 13.6. The summed E-state index contributed by atoms with van der Waals surface area (Å²) in [7, 11) is 0. The van der Waals surface area contributed by atoms with Crippen LogP contribution in [0.2, 0.25) is 0 Å². The Morgan fingerprint density at radius 2 is 2.33 bits per heavy atom. The van der Waals surface area contributed by atoms with Crippen LogP contribution in [0.3, 0.4) is 0 Å². The first-order chi connectivity index (χ1) is 7.09. The summed E-state index contributed by atoms with van der Waals surface area (Å²) in [6.07, 6.45) is 0.706. The molecule has 2 N–H and O–H groups in total. The second-order valence-corrected chi connectivity index (χ2v) is 4.13. The molecule has 0 fully saturated rings. The van der Waals surface area contributed by atoms with Gasteiger partial charge in [0.15, 0.2) is 5.82 Å². The van der Waals surface area contributed by atoms with Crippen LogP contribution in [0, 0.1) is 5.92 Å². The summed E-state index contributed by atoms with van der Waals surface area (Å²) < 4.78 is 5.06. The molecule has 0 aromatic carbocycles. The van der Waals surface area contributed by atoms with Crippen LogP contribution in [-0.2, 0) is 17.8 Å². The van der Waals surface area contributed by atoms with Crippen LogP contribution < -0.4 is 5.73 Å². The zero-order chi connectivity index (χ0) is 11.0.